The van der Waals surface area contributed by atoms with Gasteiger partial charge >= 0.3 is 0 Å². The Hall–Kier alpha value is 0.310. The van der Waals surface area contributed by atoms with Crippen molar-refractivity contribution in [3.05, 3.63) is 0 Å². The molecule has 0 aliphatic rings. The Kier molecular flexibility index (Phi) is 5.66. The van der Waals surface area contributed by atoms with E-state index < -0.39 is 0 Å². The molecule has 0 radical (unpaired) electrons. The third-order valence-corrected chi connectivity index (χ3v) is 1.37. The summed E-state index contributed by atoms with van der Waals surface area (Å²) in [4.78, 5) is 0. The zero-order valence-electron chi connectivity index (χ0n) is 5.55. The average Bonchev–Trinajstić information content (AvgIpc) is 1.83. The van der Waals surface area contributed by atoms with Crippen molar-refractivity contribution in [3.8, 4) is 0 Å². The zero-order valence-corrected chi connectivity index (χ0v) is 6.45. The van der Waals surface area contributed by atoms with Crippen LogP contribution in [0.4, 0.5) is 0 Å². The minimum Gasteiger partial charge on any atom is -0.371 e. The van der Waals surface area contributed by atoms with E-state index in [2.05, 4.69) is 26.5 Å². The molecule has 0 heterocycles. The Morgan fingerprint density at radius 3 is 2.62 bits per heavy atom. The summed E-state index contributed by atoms with van der Waals surface area (Å²) in [6, 6.07) is 0. The molecule has 2 heteroatoms. The number of rotatable bonds is 4. The fourth-order valence-corrected chi connectivity index (χ4v) is 0.477. The largest absolute Gasteiger partial charge is 0.371 e. The Bertz CT molecular complexity index is 47.8. The number of hydrogen-bond acceptors (Lipinski definition) is 2. The van der Waals surface area contributed by atoms with Crippen LogP contribution in [0, 0.1) is 5.92 Å². The molecule has 8 heavy (non-hydrogen) atoms. The lowest BCUT2D eigenvalue weighted by Gasteiger charge is -2.05. The first-order valence-electron chi connectivity index (χ1n) is 2.99. The van der Waals surface area contributed by atoms with Crippen molar-refractivity contribution in [1.82, 2.24) is 0 Å². The smallest absolute Gasteiger partial charge is 0.0892 e. The molecular formula is C6H14OS. The fraction of sp³-hybridized carbons (Fsp3) is 1.00. The molecule has 0 spiro atoms. The molecule has 1 nitrogen and oxygen atoms in total. The Balaban J connectivity index is 2.86. The van der Waals surface area contributed by atoms with Crippen LogP contribution >= 0.6 is 12.6 Å². The van der Waals surface area contributed by atoms with Gasteiger partial charge in [-0.25, -0.2) is 0 Å². The highest BCUT2D eigenvalue weighted by atomic mass is 32.1. The summed E-state index contributed by atoms with van der Waals surface area (Å²) in [5, 5.41) is 0. The van der Waals surface area contributed by atoms with Crippen LogP contribution < -0.4 is 0 Å². The molecule has 0 aliphatic heterocycles. The van der Waals surface area contributed by atoms with E-state index in [0.717, 1.165) is 6.61 Å². The van der Waals surface area contributed by atoms with Crippen molar-refractivity contribution < 1.29 is 4.74 Å². The van der Waals surface area contributed by atoms with Gasteiger partial charge in [-0.05, 0) is 5.92 Å². The minimum absolute atomic E-state index is 0.546. The predicted octanol–water partition coefficient (Wildman–Crippen LogP) is 1.94. The van der Waals surface area contributed by atoms with Crippen molar-refractivity contribution in [3.63, 3.8) is 0 Å². The molecule has 0 aromatic heterocycles. The molecule has 0 N–H and O–H groups in total. The maximum atomic E-state index is 5.05. The summed E-state index contributed by atoms with van der Waals surface area (Å²) in [5.74, 6) is 1.23. The van der Waals surface area contributed by atoms with E-state index in [1.54, 1.807) is 0 Å². The van der Waals surface area contributed by atoms with E-state index in [-0.39, 0.29) is 0 Å². The van der Waals surface area contributed by atoms with Gasteiger partial charge in [-0.1, -0.05) is 20.3 Å². The fourth-order valence-electron chi connectivity index (χ4n) is 0.372. The Morgan fingerprint density at radius 1 is 1.62 bits per heavy atom. The van der Waals surface area contributed by atoms with Gasteiger partial charge in [0.2, 0.25) is 0 Å². The van der Waals surface area contributed by atoms with Crippen molar-refractivity contribution in [2.75, 3.05) is 12.5 Å². The van der Waals surface area contributed by atoms with Gasteiger partial charge in [-0.3, -0.25) is 0 Å². The second kappa shape index (κ2) is 5.45. The van der Waals surface area contributed by atoms with Crippen molar-refractivity contribution in [2.24, 2.45) is 5.92 Å². The summed E-state index contributed by atoms with van der Waals surface area (Å²) >= 11 is 3.91. The molecule has 1 unspecified atom stereocenters. The normalized spacial score (nSPS) is 13.9. The van der Waals surface area contributed by atoms with Crippen molar-refractivity contribution in [2.45, 2.75) is 20.3 Å². The molecule has 0 saturated carbocycles. The van der Waals surface area contributed by atoms with E-state index in [4.69, 9.17) is 4.74 Å². The van der Waals surface area contributed by atoms with Crippen LogP contribution in [0.1, 0.15) is 20.3 Å². The molecular weight excluding hydrogens is 120 g/mol. The first-order valence-corrected chi connectivity index (χ1v) is 3.63. The van der Waals surface area contributed by atoms with Crippen LogP contribution in [-0.2, 0) is 4.74 Å². The molecule has 0 rings (SSSR count). The van der Waals surface area contributed by atoms with Crippen LogP contribution in [0.3, 0.4) is 0 Å². The van der Waals surface area contributed by atoms with Crippen molar-refractivity contribution >= 4 is 12.6 Å². The molecule has 0 bridgehead atoms. The topological polar surface area (TPSA) is 9.23 Å². The molecule has 0 amide bonds. The quantitative estimate of drug-likeness (QED) is 0.456. The lowest BCUT2D eigenvalue weighted by atomic mass is 10.1. The van der Waals surface area contributed by atoms with Gasteiger partial charge in [0.1, 0.15) is 0 Å². The van der Waals surface area contributed by atoms with Crippen LogP contribution in [0.15, 0.2) is 0 Å². The SMILES string of the molecule is CCC(C)COCS. The van der Waals surface area contributed by atoms with E-state index in [9.17, 15) is 0 Å². The van der Waals surface area contributed by atoms with Gasteiger partial charge in [0, 0.05) is 0 Å². The van der Waals surface area contributed by atoms with Crippen LogP contribution in [0.2, 0.25) is 0 Å². The Labute approximate surface area is 56.8 Å². The first kappa shape index (κ1) is 8.31. The molecule has 0 saturated heterocycles. The van der Waals surface area contributed by atoms with E-state index in [0.29, 0.717) is 11.9 Å². The summed E-state index contributed by atoms with van der Waals surface area (Å²) in [5.41, 5.74) is 0. The van der Waals surface area contributed by atoms with Gasteiger partial charge in [0.25, 0.3) is 0 Å². The maximum Gasteiger partial charge on any atom is 0.0892 e. The lowest BCUT2D eigenvalue weighted by Crippen LogP contribution is -2.02. The Morgan fingerprint density at radius 2 is 2.25 bits per heavy atom. The summed E-state index contributed by atoms with van der Waals surface area (Å²) in [6.07, 6.45) is 1.19. The standard InChI is InChI=1S/C6H14OS/c1-3-6(2)4-7-5-8/h6,8H,3-5H2,1-2H3. The molecule has 0 aromatic rings. The van der Waals surface area contributed by atoms with Crippen LogP contribution in [0.25, 0.3) is 0 Å². The lowest BCUT2D eigenvalue weighted by molar-refractivity contribution is 0.145. The number of ether oxygens (including phenoxy) is 1. The van der Waals surface area contributed by atoms with Gasteiger partial charge in [0.05, 0.1) is 12.5 Å². The van der Waals surface area contributed by atoms with Gasteiger partial charge in [-0.15, -0.1) is 0 Å². The third-order valence-electron chi connectivity index (χ3n) is 1.19. The van der Waals surface area contributed by atoms with Crippen molar-refractivity contribution in [1.29, 1.82) is 0 Å². The molecule has 0 aliphatic carbocycles. The predicted molar refractivity (Wildman–Crippen MR) is 39.3 cm³/mol. The van der Waals surface area contributed by atoms with E-state index >= 15 is 0 Å². The minimum atomic E-state index is 0.546. The van der Waals surface area contributed by atoms with Gasteiger partial charge in [0.15, 0.2) is 0 Å². The maximum absolute atomic E-state index is 5.05. The second-order valence-corrected chi connectivity index (χ2v) is 2.27. The van der Waals surface area contributed by atoms with Crippen LogP contribution in [-0.4, -0.2) is 12.5 Å². The highest BCUT2D eigenvalue weighted by Gasteiger charge is 1.95. The van der Waals surface area contributed by atoms with Gasteiger partial charge < -0.3 is 4.74 Å². The molecule has 1 atom stereocenters. The monoisotopic (exact) mass is 134 g/mol. The zero-order chi connectivity index (χ0) is 6.41. The third kappa shape index (κ3) is 4.47. The van der Waals surface area contributed by atoms with Gasteiger partial charge in [-0.2, -0.15) is 12.6 Å². The molecule has 50 valence electrons. The van der Waals surface area contributed by atoms with E-state index in [1.165, 1.54) is 6.42 Å². The summed E-state index contributed by atoms with van der Waals surface area (Å²) < 4.78 is 5.05. The van der Waals surface area contributed by atoms with E-state index in [1.807, 2.05) is 0 Å². The highest BCUT2D eigenvalue weighted by Crippen LogP contribution is 1.99. The summed E-state index contributed by atoms with van der Waals surface area (Å²) in [7, 11) is 0. The first-order chi connectivity index (χ1) is 3.81. The van der Waals surface area contributed by atoms with Crippen LogP contribution in [0.5, 0.6) is 0 Å². The number of hydrogen-bond donors (Lipinski definition) is 1. The second-order valence-electron chi connectivity index (χ2n) is 2.01. The highest BCUT2D eigenvalue weighted by molar-refractivity contribution is 7.80. The number of thiol groups is 1. The summed E-state index contributed by atoms with van der Waals surface area (Å²) in [6.45, 7) is 5.18. The average molecular weight is 134 g/mol. The molecule has 0 fully saturated rings. The molecule has 0 aromatic carbocycles.